The number of hydrogen-bond acceptors (Lipinski definition) is 5. The number of likely N-dealkylation sites (tertiary alicyclic amines) is 1. The van der Waals surface area contributed by atoms with Gasteiger partial charge >= 0.3 is 0 Å². The molecular weight excluding hydrogens is 342 g/mol. The van der Waals surface area contributed by atoms with Crippen molar-refractivity contribution in [2.45, 2.75) is 25.3 Å². The Morgan fingerprint density at radius 2 is 2.00 bits per heavy atom. The molecule has 3 aromatic heterocycles. The number of H-pyrrole nitrogens is 1. The highest BCUT2D eigenvalue weighted by atomic mass is 16.2. The lowest BCUT2D eigenvalue weighted by atomic mass is 9.98. The molecule has 27 heavy (non-hydrogen) atoms. The van der Waals surface area contributed by atoms with E-state index in [1.54, 1.807) is 35.6 Å². The highest BCUT2D eigenvalue weighted by molar-refractivity contribution is 5.94. The summed E-state index contributed by atoms with van der Waals surface area (Å²) in [5.41, 5.74) is 1.14. The van der Waals surface area contributed by atoms with Gasteiger partial charge in [0.2, 0.25) is 0 Å². The van der Waals surface area contributed by atoms with Gasteiger partial charge in [-0.05, 0) is 43.5 Å². The molecule has 1 aliphatic rings. The molecule has 1 fully saturated rings. The summed E-state index contributed by atoms with van der Waals surface area (Å²) in [4.78, 5) is 42.8. The summed E-state index contributed by atoms with van der Waals surface area (Å²) in [6, 6.07) is 9.13. The molecule has 0 radical (unpaired) electrons. The van der Waals surface area contributed by atoms with Crippen molar-refractivity contribution in [2.24, 2.45) is 0 Å². The fourth-order valence-electron chi connectivity index (χ4n) is 3.41. The maximum absolute atomic E-state index is 13.1. The Morgan fingerprint density at radius 3 is 2.74 bits per heavy atom. The molecule has 0 aliphatic carbocycles. The van der Waals surface area contributed by atoms with Gasteiger partial charge in [-0.25, -0.2) is 4.98 Å². The second-order valence-corrected chi connectivity index (χ2v) is 6.48. The van der Waals surface area contributed by atoms with E-state index in [-0.39, 0.29) is 17.5 Å². The van der Waals surface area contributed by atoms with Gasteiger partial charge in [-0.2, -0.15) is 0 Å². The molecular formula is C20H19N5O2. The van der Waals surface area contributed by atoms with E-state index in [1.807, 2.05) is 18.2 Å². The molecule has 4 rings (SSSR count). The standard InChI is InChI=1S/C20H19N5O2/c26-19-15(13-23-18(24-19)14-6-5-9-21-12-14)20(27)25-11-4-2-8-17(25)16-7-1-3-10-22-16/h1,3,5-7,9-10,12-13,17H,2,4,8,11H2,(H,23,24,26)/t17-/m0/s1. The monoisotopic (exact) mass is 361 g/mol. The lowest BCUT2D eigenvalue weighted by Gasteiger charge is -2.35. The number of nitrogens with one attached hydrogen (secondary N) is 1. The minimum Gasteiger partial charge on any atom is -0.330 e. The van der Waals surface area contributed by atoms with E-state index in [0.29, 0.717) is 17.9 Å². The molecule has 0 spiro atoms. The molecule has 1 atom stereocenters. The van der Waals surface area contributed by atoms with Gasteiger partial charge in [0, 0.05) is 36.9 Å². The molecule has 3 aromatic rings. The van der Waals surface area contributed by atoms with Crippen LogP contribution in [-0.2, 0) is 0 Å². The maximum Gasteiger partial charge on any atom is 0.264 e. The van der Waals surface area contributed by atoms with Crippen LogP contribution in [0, 0.1) is 0 Å². The Balaban J connectivity index is 1.64. The molecule has 1 N–H and O–H groups in total. The summed E-state index contributed by atoms with van der Waals surface area (Å²) in [6.45, 7) is 0.601. The van der Waals surface area contributed by atoms with Crippen molar-refractivity contribution in [1.29, 1.82) is 0 Å². The van der Waals surface area contributed by atoms with Crippen molar-refractivity contribution in [1.82, 2.24) is 24.8 Å². The topological polar surface area (TPSA) is 91.8 Å². The first kappa shape index (κ1) is 17.1. The average Bonchev–Trinajstić information content (AvgIpc) is 2.74. The molecule has 0 unspecified atom stereocenters. The van der Waals surface area contributed by atoms with Gasteiger partial charge in [-0.3, -0.25) is 19.6 Å². The zero-order valence-electron chi connectivity index (χ0n) is 14.7. The summed E-state index contributed by atoms with van der Waals surface area (Å²) < 4.78 is 0. The first-order valence-corrected chi connectivity index (χ1v) is 8.95. The van der Waals surface area contributed by atoms with Crippen LogP contribution < -0.4 is 5.56 Å². The molecule has 7 heteroatoms. The largest absolute Gasteiger partial charge is 0.330 e. The van der Waals surface area contributed by atoms with E-state index in [4.69, 9.17) is 0 Å². The van der Waals surface area contributed by atoms with Crippen LogP contribution in [0.4, 0.5) is 0 Å². The maximum atomic E-state index is 13.1. The van der Waals surface area contributed by atoms with Crippen LogP contribution in [-0.4, -0.2) is 37.3 Å². The molecule has 1 aliphatic heterocycles. The number of aromatic amines is 1. The molecule has 136 valence electrons. The SMILES string of the molecule is O=C(c1cnc(-c2cccnc2)[nH]c1=O)N1CCCC[C@H]1c1ccccn1. The van der Waals surface area contributed by atoms with Crippen LogP contribution >= 0.6 is 0 Å². The molecule has 0 saturated carbocycles. The van der Waals surface area contributed by atoms with E-state index < -0.39 is 5.56 Å². The van der Waals surface area contributed by atoms with E-state index in [1.165, 1.54) is 6.20 Å². The predicted octanol–water partition coefficient (Wildman–Crippen LogP) is 2.59. The molecule has 7 nitrogen and oxygen atoms in total. The summed E-state index contributed by atoms with van der Waals surface area (Å²) in [7, 11) is 0. The third-order valence-corrected chi connectivity index (χ3v) is 4.76. The predicted molar refractivity (Wildman–Crippen MR) is 100.0 cm³/mol. The molecule has 4 heterocycles. The second-order valence-electron chi connectivity index (χ2n) is 6.48. The quantitative estimate of drug-likeness (QED) is 0.774. The first-order chi connectivity index (χ1) is 13.2. The van der Waals surface area contributed by atoms with Crippen LogP contribution in [0.25, 0.3) is 11.4 Å². The Hall–Kier alpha value is -3.35. The summed E-state index contributed by atoms with van der Waals surface area (Å²) in [6.07, 6.45) is 9.11. The summed E-state index contributed by atoms with van der Waals surface area (Å²) >= 11 is 0. The van der Waals surface area contributed by atoms with Gasteiger partial charge in [-0.1, -0.05) is 6.07 Å². The Labute approximate surface area is 156 Å². The number of nitrogens with zero attached hydrogens (tertiary/aromatic N) is 4. The number of piperidine rings is 1. The van der Waals surface area contributed by atoms with Crippen LogP contribution in [0.15, 0.2) is 59.9 Å². The second kappa shape index (κ2) is 7.49. The molecule has 1 amide bonds. The first-order valence-electron chi connectivity index (χ1n) is 8.95. The molecule has 1 saturated heterocycles. The number of carbonyl (C=O) groups excluding carboxylic acids is 1. The minimum absolute atomic E-state index is 0.0467. The highest BCUT2D eigenvalue weighted by Crippen LogP contribution is 2.30. The van der Waals surface area contributed by atoms with Crippen LogP contribution in [0.3, 0.4) is 0 Å². The van der Waals surface area contributed by atoms with Crippen LogP contribution in [0.5, 0.6) is 0 Å². The lowest BCUT2D eigenvalue weighted by Crippen LogP contribution is -2.41. The van der Waals surface area contributed by atoms with Crippen molar-refractivity contribution >= 4 is 5.91 Å². The van der Waals surface area contributed by atoms with Crippen molar-refractivity contribution in [2.75, 3.05) is 6.54 Å². The van der Waals surface area contributed by atoms with E-state index in [9.17, 15) is 9.59 Å². The van der Waals surface area contributed by atoms with Crippen LogP contribution in [0.2, 0.25) is 0 Å². The van der Waals surface area contributed by atoms with E-state index >= 15 is 0 Å². The van der Waals surface area contributed by atoms with Crippen molar-refractivity contribution in [3.05, 3.63) is 76.7 Å². The van der Waals surface area contributed by atoms with Gasteiger partial charge in [0.25, 0.3) is 11.5 Å². The fourth-order valence-corrected chi connectivity index (χ4v) is 3.41. The van der Waals surface area contributed by atoms with Crippen molar-refractivity contribution in [3.63, 3.8) is 0 Å². The minimum atomic E-state index is -0.445. The lowest BCUT2D eigenvalue weighted by molar-refractivity contribution is 0.0603. The zero-order valence-corrected chi connectivity index (χ0v) is 14.7. The number of rotatable bonds is 3. The van der Waals surface area contributed by atoms with E-state index in [0.717, 1.165) is 25.0 Å². The third-order valence-electron chi connectivity index (χ3n) is 4.76. The van der Waals surface area contributed by atoms with E-state index in [2.05, 4.69) is 19.9 Å². The Kier molecular flexibility index (Phi) is 4.74. The number of amides is 1. The average molecular weight is 361 g/mol. The normalized spacial score (nSPS) is 16.9. The molecule has 0 bridgehead atoms. The van der Waals surface area contributed by atoms with Gasteiger partial charge in [0.05, 0.1) is 11.7 Å². The van der Waals surface area contributed by atoms with Gasteiger partial charge < -0.3 is 9.88 Å². The van der Waals surface area contributed by atoms with Crippen molar-refractivity contribution in [3.8, 4) is 11.4 Å². The number of pyridine rings is 2. The highest BCUT2D eigenvalue weighted by Gasteiger charge is 2.30. The smallest absolute Gasteiger partial charge is 0.264 e. The fraction of sp³-hybridized carbons (Fsp3) is 0.250. The van der Waals surface area contributed by atoms with Crippen molar-refractivity contribution < 1.29 is 4.79 Å². The Morgan fingerprint density at radius 1 is 1.07 bits per heavy atom. The number of hydrogen-bond donors (Lipinski definition) is 1. The summed E-state index contributed by atoms with van der Waals surface area (Å²) in [5, 5.41) is 0. The zero-order chi connectivity index (χ0) is 18.6. The number of carbonyl (C=O) groups is 1. The van der Waals surface area contributed by atoms with Gasteiger partial charge in [0.1, 0.15) is 11.4 Å². The third kappa shape index (κ3) is 3.48. The van der Waals surface area contributed by atoms with Gasteiger partial charge in [0.15, 0.2) is 0 Å². The van der Waals surface area contributed by atoms with Crippen LogP contribution in [0.1, 0.15) is 41.4 Å². The molecule has 0 aromatic carbocycles. The Bertz CT molecular complexity index is 988. The summed E-state index contributed by atoms with van der Waals surface area (Å²) in [5.74, 6) is 0.0846. The van der Waals surface area contributed by atoms with Gasteiger partial charge in [-0.15, -0.1) is 0 Å². The number of aromatic nitrogens is 4.